The Labute approximate surface area is 122 Å². The first-order chi connectivity index (χ1) is 9.50. The average Bonchev–Trinajstić information content (AvgIpc) is 2.45. The number of carbonyl (C=O) groups is 1. The smallest absolute Gasteiger partial charge is 0.325 e. The minimum Gasteiger partial charge on any atom is -0.468 e. The fourth-order valence-corrected chi connectivity index (χ4v) is 1.86. The summed E-state index contributed by atoms with van der Waals surface area (Å²) in [7, 11) is 4.80. The minimum absolute atomic E-state index is 0.0610. The Balaban J connectivity index is 3.81. The SMILES string of the molecule is CNC(C)(CC(C)OCCOCCCOC)C(=O)OC. The molecule has 2 unspecified atom stereocenters. The molecule has 0 radical (unpaired) electrons. The number of rotatable bonds is 12. The van der Waals surface area contributed by atoms with Crippen LogP contribution < -0.4 is 5.32 Å². The molecule has 0 aromatic heterocycles. The molecule has 0 aliphatic rings. The number of esters is 1. The average molecular weight is 291 g/mol. The summed E-state index contributed by atoms with van der Waals surface area (Å²) >= 11 is 0. The van der Waals surface area contributed by atoms with E-state index in [4.69, 9.17) is 18.9 Å². The van der Waals surface area contributed by atoms with E-state index in [1.165, 1.54) is 7.11 Å². The highest BCUT2D eigenvalue weighted by Gasteiger charge is 2.34. The van der Waals surface area contributed by atoms with E-state index in [9.17, 15) is 4.79 Å². The van der Waals surface area contributed by atoms with Crippen molar-refractivity contribution >= 4 is 5.97 Å². The molecular formula is C14H29NO5. The lowest BCUT2D eigenvalue weighted by Gasteiger charge is -2.29. The van der Waals surface area contributed by atoms with Gasteiger partial charge in [0.15, 0.2) is 0 Å². The summed E-state index contributed by atoms with van der Waals surface area (Å²) in [6.45, 7) is 6.17. The molecule has 0 aliphatic heterocycles. The van der Waals surface area contributed by atoms with Crippen LogP contribution in [-0.4, -0.2) is 65.3 Å². The highest BCUT2D eigenvalue weighted by atomic mass is 16.5. The molecule has 6 heteroatoms. The Morgan fingerprint density at radius 2 is 1.90 bits per heavy atom. The third-order valence-electron chi connectivity index (χ3n) is 3.15. The second-order valence-corrected chi connectivity index (χ2v) is 4.92. The number of ether oxygens (including phenoxy) is 4. The summed E-state index contributed by atoms with van der Waals surface area (Å²) in [5, 5.41) is 2.99. The first kappa shape index (κ1) is 19.3. The number of likely N-dealkylation sites (N-methyl/N-ethyl adjacent to an activating group) is 1. The second-order valence-electron chi connectivity index (χ2n) is 4.92. The second kappa shape index (κ2) is 11.0. The van der Waals surface area contributed by atoms with Crippen molar-refractivity contribution in [3.05, 3.63) is 0 Å². The molecule has 6 nitrogen and oxygen atoms in total. The van der Waals surface area contributed by atoms with Crippen LogP contribution in [-0.2, 0) is 23.7 Å². The molecule has 1 N–H and O–H groups in total. The van der Waals surface area contributed by atoms with Gasteiger partial charge in [-0.05, 0) is 27.3 Å². The Morgan fingerprint density at radius 1 is 1.20 bits per heavy atom. The number of hydrogen-bond acceptors (Lipinski definition) is 6. The molecule has 0 fully saturated rings. The van der Waals surface area contributed by atoms with E-state index < -0.39 is 5.54 Å². The Morgan fingerprint density at radius 3 is 2.45 bits per heavy atom. The zero-order valence-corrected chi connectivity index (χ0v) is 13.4. The molecule has 0 saturated heterocycles. The number of carbonyl (C=O) groups excluding carboxylic acids is 1. The van der Waals surface area contributed by atoms with E-state index in [0.29, 0.717) is 32.8 Å². The van der Waals surface area contributed by atoms with Crippen LogP contribution in [0.4, 0.5) is 0 Å². The van der Waals surface area contributed by atoms with Crippen molar-refractivity contribution in [2.45, 2.75) is 38.3 Å². The van der Waals surface area contributed by atoms with Crippen LogP contribution in [0.5, 0.6) is 0 Å². The molecule has 0 heterocycles. The van der Waals surface area contributed by atoms with E-state index >= 15 is 0 Å². The molecule has 0 saturated carbocycles. The predicted octanol–water partition coefficient (Wildman–Crippen LogP) is 0.986. The molecule has 0 bridgehead atoms. The highest BCUT2D eigenvalue weighted by Crippen LogP contribution is 2.15. The van der Waals surface area contributed by atoms with Crippen molar-refractivity contribution in [3.63, 3.8) is 0 Å². The molecule has 0 spiro atoms. The lowest BCUT2D eigenvalue weighted by molar-refractivity contribution is -0.149. The van der Waals surface area contributed by atoms with Gasteiger partial charge in [-0.15, -0.1) is 0 Å². The first-order valence-corrected chi connectivity index (χ1v) is 6.95. The van der Waals surface area contributed by atoms with E-state index in [1.807, 2.05) is 6.92 Å². The van der Waals surface area contributed by atoms with Gasteiger partial charge in [0, 0.05) is 26.7 Å². The summed E-state index contributed by atoms with van der Waals surface area (Å²) in [6.07, 6.45) is 1.36. The van der Waals surface area contributed by atoms with Gasteiger partial charge < -0.3 is 24.3 Å². The van der Waals surface area contributed by atoms with Crippen LogP contribution in [0.1, 0.15) is 26.7 Å². The van der Waals surface area contributed by atoms with Crippen LogP contribution in [0.3, 0.4) is 0 Å². The van der Waals surface area contributed by atoms with Gasteiger partial charge in [-0.1, -0.05) is 0 Å². The fourth-order valence-electron chi connectivity index (χ4n) is 1.86. The van der Waals surface area contributed by atoms with E-state index in [1.54, 1.807) is 21.1 Å². The molecule has 120 valence electrons. The predicted molar refractivity (Wildman–Crippen MR) is 76.8 cm³/mol. The number of methoxy groups -OCH3 is 2. The van der Waals surface area contributed by atoms with Gasteiger partial charge in [-0.25, -0.2) is 0 Å². The Bertz CT molecular complexity index is 262. The number of hydrogen-bond donors (Lipinski definition) is 1. The zero-order valence-electron chi connectivity index (χ0n) is 13.4. The monoisotopic (exact) mass is 291 g/mol. The van der Waals surface area contributed by atoms with Gasteiger partial charge in [-0.2, -0.15) is 0 Å². The third-order valence-corrected chi connectivity index (χ3v) is 3.15. The molecule has 0 amide bonds. The molecular weight excluding hydrogens is 262 g/mol. The summed E-state index contributed by atoms with van der Waals surface area (Å²) < 4.78 is 20.8. The molecule has 2 atom stereocenters. The van der Waals surface area contributed by atoms with E-state index in [0.717, 1.165) is 6.42 Å². The van der Waals surface area contributed by atoms with Crippen LogP contribution in [0.2, 0.25) is 0 Å². The number of nitrogens with one attached hydrogen (secondary N) is 1. The van der Waals surface area contributed by atoms with Crippen molar-refractivity contribution in [1.29, 1.82) is 0 Å². The standard InChI is InChI=1S/C14H29NO5/c1-12(11-14(2,15-3)13(16)18-5)20-10-9-19-8-6-7-17-4/h12,15H,6-11H2,1-5H3. The Hall–Kier alpha value is -0.690. The van der Waals surface area contributed by atoms with Gasteiger partial charge in [-0.3, -0.25) is 4.79 Å². The van der Waals surface area contributed by atoms with E-state index in [-0.39, 0.29) is 12.1 Å². The topological polar surface area (TPSA) is 66.0 Å². The lowest BCUT2D eigenvalue weighted by Crippen LogP contribution is -2.50. The van der Waals surface area contributed by atoms with Crippen molar-refractivity contribution in [2.75, 3.05) is 47.7 Å². The quantitative estimate of drug-likeness (QED) is 0.427. The van der Waals surface area contributed by atoms with Crippen LogP contribution in [0.15, 0.2) is 0 Å². The van der Waals surface area contributed by atoms with Crippen LogP contribution >= 0.6 is 0 Å². The van der Waals surface area contributed by atoms with Gasteiger partial charge in [0.05, 0.1) is 26.4 Å². The van der Waals surface area contributed by atoms with Gasteiger partial charge in [0.25, 0.3) is 0 Å². The van der Waals surface area contributed by atoms with Gasteiger partial charge in [0.2, 0.25) is 0 Å². The minimum atomic E-state index is -0.729. The van der Waals surface area contributed by atoms with Crippen LogP contribution in [0, 0.1) is 0 Å². The maximum absolute atomic E-state index is 11.7. The van der Waals surface area contributed by atoms with Gasteiger partial charge >= 0.3 is 5.97 Å². The first-order valence-electron chi connectivity index (χ1n) is 6.95. The fraction of sp³-hybridized carbons (Fsp3) is 0.929. The van der Waals surface area contributed by atoms with Crippen molar-refractivity contribution in [2.24, 2.45) is 0 Å². The van der Waals surface area contributed by atoms with E-state index in [2.05, 4.69) is 5.32 Å². The maximum Gasteiger partial charge on any atom is 0.325 e. The molecule has 0 aromatic carbocycles. The van der Waals surface area contributed by atoms with Crippen LogP contribution in [0.25, 0.3) is 0 Å². The summed E-state index contributed by atoms with van der Waals surface area (Å²) in [5.74, 6) is -0.286. The van der Waals surface area contributed by atoms with Crippen molar-refractivity contribution in [1.82, 2.24) is 5.32 Å². The Kier molecular flexibility index (Phi) is 10.6. The molecule has 20 heavy (non-hydrogen) atoms. The summed E-state index contributed by atoms with van der Waals surface area (Å²) in [4.78, 5) is 11.7. The van der Waals surface area contributed by atoms with Gasteiger partial charge in [0.1, 0.15) is 5.54 Å². The van der Waals surface area contributed by atoms with Crippen molar-refractivity contribution < 1.29 is 23.7 Å². The lowest BCUT2D eigenvalue weighted by atomic mass is 9.95. The third kappa shape index (κ3) is 7.79. The summed E-state index contributed by atoms with van der Waals surface area (Å²) in [5.41, 5.74) is -0.729. The largest absolute Gasteiger partial charge is 0.468 e. The molecule has 0 aliphatic carbocycles. The molecule has 0 aromatic rings. The highest BCUT2D eigenvalue weighted by molar-refractivity contribution is 5.80. The maximum atomic E-state index is 11.7. The van der Waals surface area contributed by atoms with Crippen molar-refractivity contribution in [3.8, 4) is 0 Å². The normalized spacial score (nSPS) is 15.7. The zero-order chi connectivity index (χ0) is 15.4. The summed E-state index contributed by atoms with van der Waals surface area (Å²) in [6, 6.07) is 0. The molecule has 0 rings (SSSR count).